The Morgan fingerprint density at radius 2 is 1.84 bits per heavy atom. The third-order valence-electron chi connectivity index (χ3n) is 4.69. The van der Waals surface area contributed by atoms with Crippen LogP contribution in [0.4, 0.5) is 0 Å². The Bertz CT molecular complexity index is 295. The Hall–Kier alpha value is -0.545. The van der Waals surface area contributed by atoms with E-state index in [4.69, 9.17) is 0 Å². The molecule has 0 bridgehead atoms. The highest BCUT2D eigenvalue weighted by atomic mass is 16.4. The largest absolute Gasteiger partial charge is 0.481 e. The molecule has 2 saturated heterocycles. The fourth-order valence-electron chi connectivity index (χ4n) is 3.47. The van der Waals surface area contributed by atoms with Gasteiger partial charge in [0, 0.05) is 26.2 Å². The molecular formula is C14H27BN2O2. The van der Waals surface area contributed by atoms with Crippen molar-refractivity contribution in [3.63, 3.8) is 0 Å². The van der Waals surface area contributed by atoms with Crippen molar-refractivity contribution in [1.82, 2.24) is 9.80 Å². The van der Waals surface area contributed by atoms with Crippen LogP contribution in [0.1, 0.15) is 25.7 Å². The van der Waals surface area contributed by atoms with E-state index in [9.17, 15) is 9.90 Å². The summed E-state index contributed by atoms with van der Waals surface area (Å²) in [6.45, 7) is 6.38. The Labute approximate surface area is 117 Å². The molecule has 108 valence electrons. The number of nitrogens with zero attached hydrogens (tertiary/aromatic N) is 2. The maximum Gasteiger partial charge on any atom is 0.308 e. The van der Waals surface area contributed by atoms with Crippen LogP contribution in [-0.4, -0.2) is 68.0 Å². The molecule has 0 amide bonds. The van der Waals surface area contributed by atoms with Crippen LogP contribution < -0.4 is 0 Å². The van der Waals surface area contributed by atoms with Gasteiger partial charge < -0.3 is 14.9 Å². The molecule has 2 aliphatic rings. The summed E-state index contributed by atoms with van der Waals surface area (Å²) in [5.74, 6) is -0.356. The Morgan fingerprint density at radius 1 is 1.16 bits per heavy atom. The van der Waals surface area contributed by atoms with Gasteiger partial charge in [-0.3, -0.25) is 4.79 Å². The fourth-order valence-corrected chi connectivity index (χ4v) is 3.47. The number of carboxylic acids is 1. The molecule has 0 aliphatic carbocycles. The zero-order valence-corrected chi connectivity index (χ0v) is 12.2. The maximum atomic E-state index is 11.3. The second-order valence-electron chi connectivity index (χ2n) is 6.16. The molecule has 0 aromatic rings. The molecule has 0 saturated carbocycles. The van der Waals surface area contributed by atoms with E-state index in [1.807, 2.05) is 0 Å². The van der Waals surface area contributed by atoms with Crippen LogP contribution in [-0.2, 0) is 4.79 Å². The van der Waals surface area contributed by atoms with Gasteiger partial charge in [-0.1, -0.05) is 12.7 Å². The van der Waals surface area contributed by atoms with E-state index < -0.39 is 5.97 Å². The number of hydrogen-bond donors (Lipinski definition) is 1. The van der Waals surface area contributed by atoms with Crippen molar-refractivity contribution < 1.29 is 9.90 Å². The van der Waals surface area contributed by atoms with Crippen LogP contribution in [0, 0.1) is 11.8 Å². The normalized spacial score (nSPS) is 29.1. The molecule has 2 fully saturated rings. The number of carboxylic acid groups (broad SMARTS) is 1. The lowest BCUT2D eigenvalue weighted by molar-refractivity contribution is -0.142. The third kappa shape index (κ3) is 4.21. The van der Waals surface area contributed by atoms with Crippen LogP contribution in [0.25, 0.3) is 0 Å². The molecule has 19 heavy (non-hydrogen) atoms. The second kappa shape index (κ2) is 7.29. The maximum absolute atomic E-state index is 11.3. The van der Waals surface area contributed by atoms with Crippen molar-refractivity contribution in [3.8, 4) is 0 Å². The highest BCUT2D eigenvalue weighted by molar-refractivity contribution is 6.08. The van der Waals surface area contributed by atoms with Gasteiger partial charge in [-0.05, 0) is 38.3 Å². The van der Waals surface area contributed by atoms with E-state index in [-0.39, 0.29) is 5.92 Å². The van der Waals surface area contributed by atoms with E-state index in [1.165, 1.54) is 25.9 Å². The molecule has 4 nitrogen and oxygen atoms in total. The van der Waals surface area contributed by atoms with Crippen LogP contribution >= 0.6 is 0 Å². The topological polar surface area (TPSA) is 43.8 Å². The van der Waals surface area contributed by atoms with Gasteiger partial charge in [-0.2, -0.15) is 0 Å². The molecule has 2 heterocycles. The second-order valence-corrected chi connectivity index (χ2v) is 6.16. The van der Waals surface area contributed by atoms with Crippen LogP contribution in [0.15, 0.2) is 0 Å². The molecule has 0 radical (unpaired) electrons. The van der Waals surface area contributed by atoms with Crippen molar-refractivity contribution in [3.05, 3.63) is 0 Å². The molecule has 1 N–H and O–H groups in total. The summed E-state index contributed by atoms with van der Waals surface area (Å²) in [4.78, 5) is 16.2. The molecule has 0 aromatic carbocycles. The van der Waals surface area contributed by atoms with Crippen molar-refractivity contribution in [2.45, 2.75) is 32.0 Å². The van der Waals surface area contributed by atoms with Crippen LogP contribution in [0.3, 0.4) is 0 Å². The number of likely N-dealkylation sites (tertiary alicyclic amines) is 2. The van der Waals surface area contributed by atoms with Gasteiger partial charge in [0.25, 0.3) is 0 Å². The van der Waals surface area contributed by atoms with E-state index in [2.05, 4.69) is 17.6 Å². The lowest BCUT2D eigenvalue weighted by Gasteiger charge is -2.20. The van der Waals surface area contributed by atoms with Gasteiger partial charge in [-0.15, -0.1) is 0 Å². The molecular weight excluding hydrogens is 239 g/mol. The number of aliphatic carboxylic acids is 1. The minimum Gasteiger partial charge on any atom is -0.481 e. The molecule has 0 spiro atoms. The average Bonchev–Trinajstić information content (AvgIpc) is 3.03. The summed E-state index contributed by atoms with van der Waals surface area (Å²) in [7, 11) is 2.18. The Morgan fingerprint density at radius 3 is 2.47 bits per heavy atom. The summed E-state index contributed by atoms with van der Waals surface area (Å²) in [6, 6.07) is 0. The first kappa shape index (κ1) is 14.9. The van der Waals surface area contributed by atoms with Crippen molar-refractivity contribution in [2.24, 2.45) is 11.8 Å². The summed E-state index contributed by atoms with van der Waals surface area (Å²) in [5.41, 5.74) is 0. The van der Waals surface area contributed by atoms with Crippen LogP contribution in [0.2, 0.25) is 6.32 Å². The minimum atomic E-state index is -0.593. The summed E-state index contributed by atoms with van der Waals surface area (Å²) >= 11 is 0. The predicted molar refractivity (Wildman–Crippen MR) is 79.3 cm³/mol. The van der Waals surface area contributed by atoms with Gasteiger partial charge in [0.05, 0.1) is 5.92 Å². The molecule has 2 aliphatic heterocycles. The van der Waals surface area contributed by atoms with Crippen molar-refractivity contribution in [1.29, 1.82) is 0 Å². The highest BCUT2D eigenvalue weighted by Crippen LogP contribution is 2.28. The number of hydrogen-bond acceptors (Lipinski definition) is 3. The van der Waals surface area contributed by atoms with E-state index >= 15 is 0 Å². The Balaban J connectivity index is 1.77. The van der Waals surface area contributed by atoms with E-state index in [1.54, 1.807) is 0 Å². The number of carbonyl (C=O) groups is 1. The summed E-state index contributed by atoms with van der Waals surface area (Å²) in [6.07, 6.45) is 6.06. The van der Waals surface area contributed by atoms with E-state index in [0.717, 1.165) is 45.3 Å². The Kier molecular flexibility index (Phi) is 5.70. The SMILES string of the molecule is BCCC[C@H]1CN(CCN2CCCC2)C[C@H]1C(=O)O. The van der Waals surface area contributed by atoms with Gasteiger partial charge in [0.2, 0.25) is 0 Å². The molecule has 2 atom stereocenters. The molecule has 5 heteroatoms. The van der Waals surface area contributed by atoms with Crippen LogP contribution in [0.5, 0.6) is 0 Å². The van der Waals surface area contributed by atoms with Gasteiger partial charge >= 0.3 is 5.97 Å². The van der Waals surface area contributed by atoms with Gasteiger partial charge in [0.1, 0.15) is 7.85 Å². The lowest BCUT2D eigenvalue weighted by Crippen LogP contribution is -2.33. The molecule has 0 unspecified atom stereocenters. The smallest absolute Gasteiger partial charge is 0.308 e. The monoisotopic (exact) mass is 266 g/mol. The average molecular weight is 266 g/mol. The van der Waals surface area contributed by atoms with Gasteiger partial charge in [0.15, 0.2) is 0 Å². The zero-order valence-electron chi connectivity index (χ0n) is 12.2. The van der Waals surface area contributed by atoms with E-state index in [0.29, 0.717) is 5.92 Å². The number of rotatable bonds is 7. The third-order valence-corrected chi connectivity index (χ3v) is 4.69. The summed E-state index contributed by atoms with van der Waals surface area (Å²) < 4.78 is 0. The summed E-state index contributed by atoms with van der Waals surface area (Å²) in [5, 5.41) is 9.34. The van der Waals surface area contributed by atoms with Crippen molar-refractivity contribution in [2.75, 3.05) is 39.3 Å². The predicted octanol–water partition coefficient (Wildman–Crippen LogP) is 0.546. The first-order valence-corrected chi connectivity index (χ1v) is 7.88. The highest BCUT2D eigenvalue weighted by Gasteiger charge is 2.36. The minimum absolute atomic E-state index is 0.134. The zero-order chi connectivity index (χ0) is 13.7. The first-order chi connectivity index (χ1) is 9.20. The lowest BCUT2D eigenvalue weighted by atomic mass is 9.88. The molecule has 0 aromatic heterocycles. The molecule has 2 rings (SSSR count). The quantitative estimate of drug-likeness (QED) is 0.683. The standard InChI is InChI=1S/C14H27BN2O2/c15-5-3-4-12-10-17(11-13(12)14(18)19)9-8-16-6-1-2-7-16/h12-13H,1-11,15H2,(H,18,19)/t12-,13+/m0/s1. The van der Waals surface area contributed by atoms with Crippen molar-refractivity contribution >= 4 is 13.8 Å². The first-order valence-electron chi connectivity index (χ1n) is 7.88. The fraction of sp³-hybridized carbons (Fsp3) is 0.929. The van der Waals surface area contributed by atoms with Gasteiger partial charge in [-0.25, -0.2) is 0 Å².